The van der Waals surface area contributed by atoms with Crippen molar-refractivity contribution >= 4 is 5.91 Å². The molecule has 1 unspecified atom stereocenters. The summed E-state index contributed by atoms with van der Waals surface area (Å²) in [5.41, 5.74) is 0.489. The summed E-state index contributed by atoms with van der Waals surface area (Å²) in [5, 5.41) is 2.99. The third kappa shape index (κ3) is 1.92. The molecule has 0 aromatic rings. The average molecular weight is 197 g/mol. The normalized spacial score (nSPS) is 25.6. The molecule has 2 aliphatic rings. The van der Waals surface area contributed by atoms with Gasteiger partial charge in [-0.3, -0.25) is 4.79 Å². The minimum Gasteiger partial charge on any atom is -0.372 e. The van der Waals surface area contributed by atoms with Gasteiger partial charge in [0.05, 0.1) is 0 Å². The Morgan fingerprint density at radius 3 is 2.64 bits per heavy atom. The van der Waals surface area contributed by atoms with E-state index in [1.165, 1.54) is 25.7 Å². The highest BCUT2D eigenvalue weighted by atomic mass is 16.5. The van der Waals surface area contributed by atoms with E-state index in [4.69, 9.17) is 4.74 Å². The van der Waals surface area contributed by atoms with Gasteiger partial charge in [0, 0.05) is 13.7 Å². The number of rotatable bonds is 5. The quantitative estimate of drug-likeness (QED) is 0.722. The number of hydrogen-bond acceptors (Lipinski definition) is 2. The average Bonchev–Trinajstić information content (AvgIpc) is 3.03. The van der Waals surface area contributed by atoms with Gasteiger partial charge in [0.1, 0.15) is 6.10 Å². The fourth-order valence-electron chi connectivity index (χ4n) is 2.10. The van der Waals surface area contributed by atoms with E-state index in [1.807, 2.05) is 0 Å². The first-order valence-electron chi connectivity index (χ1n) is 5.48. The smallest absolute Gasteiger partial charge is 0.248 e. The Morgan fingerprint density at radius 1 is 1.57 bits per heavy atom. The Bertz CT molecular complexity index is 231. The molecule has 0 spiro atoms. The summed E-state index contributed by atoms with van der Waals surface area (Å²) in [5.74, 6) is 0.931. The Hall–Kier alpha value is -0.570. The molecule has 2 fully saturated rings. The molecule has 2 aliphatic carbocycles. The molecule has 3 heteroatoms. The fraction of sp³-hybridized carbons (Fsp3) is 0.909. The van der Waals surface area contributed by atoms with Crippen LogP contribution in [0.25, 0.3) is 0 Å². The van der Waals surface area contributed by atoms with Gasteiger partial charge in [-0.25, -0.2) is 0 Å². The monoisotopic (exact) mass is 197 g/mol. The van der Waals surface area contributed by atoms with Gasteiger partial charge >= 0.3 is 0 Å². The molecule has 80 valence electrons. The van der Waals surface area contributed by atoms with Gasteiger partial charge in [-0.1, -0.05) is 0 Å². The minimum atomic E-state index is -0.315. The number of ether oxygens (including phenoxy) is 1. The zero-order chi connectivity index (χ0) is 10.2. The summed E-state index contributed by atoms with van der Waals surface area (Å²) < 4.78 is 4.96. The van der Waals surface area contributed by atoms with Gasteiger partial charge in [0.25, 0.3) is 0 Å². The van der Waals surface area contributed by atoms with Crippen LogP contribution in [-0.2, 0) is 9.53 Å². The van der Waals surface area contributed by atoms with Crippen molar-refractivity contribution in [3.8, 4) is 0 Å². The van der Waals surface area contributed by atoms with E-state index >= 15 is 0 Å². The second-order valence-corrected chi connectivity index (χ2v) is 4.73. The number of amides is 1. The summed E-state index contributed by atoms with van der Waals surface area (Å²) in [6, 6.07) is 0. The zero-order valence-corrected chi connectivity index (χ0v) is 9.01. The lowest BCUT2D eigenvalue weighted by molar-refractivity contribution is -0.130. The highest BCUT2D eigenvalue weighted by Crippen LogP contribution is 2.60. The first kappa shape index (κ1) is 9.97. The van der Waals surface area contributed by atoms with Crippen LogP contribution in [0.2, 0.25) is 0 Å². The highest BCUT2D eigenvalue weighted by Gasteiger charge is 2.53. The van der Waals surface area contributed by atoms with Gasteiger partial charge in [-0.15, -0.1) is 0 Å². The Kier molecular flexibility index (Phi) is 2.52. The van der Waals surface area contributed by atoms with Crippen molar-refractivity contribution in [3.63, 3.8) is 0 Å². The molecule has 0 aliphatic heterocycles. The second-order valence-electron chi connectivity index (χ2n) is 4.73. The van der Waals surface area contributed by atoms with Crippen LogP contribution in [-0.4, -0.2) is 25.7 Å². The Morgan fingerprint density at radius 2 is 2.21 bits per heavy atom. The summed E-state index contributed by atoms with van der Waals surface area (Å²) >= 11 is 0. The van der Waals surface area contributed by atoms with E-state index in [2.05, 4.69) is 5.32 Å². The molecule has 1 N–H and O–H groups in total. The van der Waals surface area contributed by atoms with Gasteiger partial charge in [0.15, 0.2) is 0 Å². The van der Waals surface area contributed by atoms with Gasteiger partial charge in [-0.2, -0.15) is 0 Å². The van der Waals surface area contributed by atoms with Crippen molar-refractivity contribution in [2.75, 3.05) is 13.7 Å². The first-order chi connectivity index (χ1) is 6.68. The van der Waals surface area contributed by atoms with Crippen molar-refractivity contribution in [1.82, 2.24) is 5.32 Å². The first-order valence-corrected chi connectivity index (χ1v) is 5.48. The molecule has 1 amide bonds. The fourth-order valence-corrected chi connectivity index (χ4v) is 2.10. The van der Waals surface area contributed by atoms with Crippen molar-refractivity contribution in [2.45, 2.75) is 38.7 Å². The molecule has 3 nitrogen and oxygen atoms in total. The molecule has 1 atom stereocenters. The van der Waals surface area contributed by atoms with Crippen molar-refractivity contribution in [3.05, 3.63) is 0 Å². The largest absolute Gasteiger partial charge is 0.372 e. The third-order valence-electron chi connectivity index (χ3n) is 3.67. The Balaban J connectivity index is 1.74. The lowest BCUT2D eigenvalue weighted by Crippen LogP contribution is -2.38. The number of methoxy groups -OCH3 is 1. The molecule has 0 bridgehead atoms. The molecule has 0 radical (unpaired) electrons. The van der Waals surface area contributed by atoms with E-state index < -0.39 is 0 Å². The molecular weight excluding hydrogens is 178 g/mol. The van der Waals surface area contributed by atoms with Crippen LogP contribution in [0.15, 0.2) is 0 Å². The Labute approximate surface area is 85.2 Å². The van der Waals surface area contributed by atoms with Crippen LogP contribution >= 0.6 is 0 Å². The molecular formula is C11H19NO2. The number of carbonyl (C=O) groups excluding carboxylic acids is 1. The van der Waals surface area contributed by atoms with E-state index in [1.54, 1.807) is 14.0 Å². The molecule has 0 aromatic carbocycles. The van der Waals surface area contributed by atoms with Gasteiger partial charge in [-0.05, 0) is 43.9 Å². The van der Waals surface area contributed by atoms with Crippen molar-refractivity contribution in [1.29, 1.82) is 0 Å². The lowest BCUT2D eigenvalue weighted by Gasteiger charge is -2.16. The third-order valence-corrected chi connectivity index (χ3v) is 3.67. The maximum atomic E-state index is 11.5. The van der Waals surface area contributed by atoms with Crippen molar-refractivity contribution < 1.29 is 9.53 Å². The number of hydrogen-bond donors (Lipinski definition) is 1. The molecule has 2 rings (SSSR count). The van der Waals surface area contributed by atoms with Gasteiger partial charge in [0.2, 0.25) is 5.91 Å². The van der Waals surface area contributed by atoms with E-state index in [9.17, 15) is 4.79 Å². The predicted molar refractivity (Wildman–Crippen MR) is 53.9 cm³/mol. The van der Waals surface area contributed by atoms with Crippen molar-refractivity contribution in [2.24, 2.45) is 11.3 Å². The summed E-state index contributed by atoms with van der Waals surface area (Å²) in [6.45, 7) is 2.65. The SMILES string of the molecule is COC(C)C(=O)NCC1(C2CC2)CC1. The van der Waals surface area contributed by atoms with Crippen LogP contribution in [0, 0.1) is 11.3 Å². The highest BCUT2D eigenvalue weighted by molar-refractivity contribution is 5.80. The maximum absolute atomic E-state index is 11.5. The van der Waals surface area contributed by atoms with E-state index in [0.29, 0.717) is 5.41 Å². The minimum absolute atomic E-state index is 0.0272. The number of carbonyl (C=O) groups is 1. The van der Waals surface area contributed by atoms with Crippen LogP contribution in [0.3, 0.4) is 0 Å². The molecule has 2 saturated carbocycles. The van der Waals surface area contributed by atoms with E-state index in [0.717, 1.165) is 12.5 Å². The second kappa shape index (κ2) is 3.54. The van der Waals surface area contributed by atoms with Gasteiger partial charge < -0.3 is 10.1 Å². The van der Waals surface area contributed by atoms with E-state index in [-0.39, 0.29) is 12.0 Å². The standard InChI is InChI=1S/C11H19NO2/c1-8(14-2)10(13)12-7-11(5-6-11)9-3-4-9/h8-9H,3-7H2,1-2H3,(H,12,13). The lowest BCUT2D eigenvalue weighted by atomic mass is 10.0. The zero-order valence-electron chi connectivity index (χ0n) is 9.01. The predicted octanol–water partition coefficient (Wildman–Crippen LogP) is 1.33. The number of nitrogens with one attached hydrogen (secondary N) is 1. The van der Waals surface area contributed by atoms with Crippen LogP contribution in [0.4, 0.5) is 0 Å². The summed E-state index contributed by atoms with van der Waals surface area (Å²) in [6.07, 6.45) is 5.04. The topological polar surface area (TPSA) is 38.3 Å². The maximum Gasteiger partial charge on any atom is 0.248 e. The molecule has 0 heterocycles. The van der Waals surface area contributed by atoms with Crippen LogP contribution in [0.5, 0.6) is 0 Å². The van der Waals surface area contributed by atoms with Crippen LogP contribution < -0.4 is 5.32 Å². The molecule has 0 aromatic heterocycles. The summed E-state index contributed by atoms with van der Waals surface area (Å²) in [7, 11) is 1.57. The molecule has 14 heavy (non-hydrogen) atoms. The summed E-state index contributed by atoms with van der Waals surface area (Å²) in [4.78, 5) is 11.5. The molecule has 0 saturated heterocycles. The van der Waals surface area contributed by atoms with Crippen LogP contribution in [0.1, 0.15) is 32.6 Å².